The van der Waals surface area contributed by atoms with Crippen LogP contribution in [-0.2, 0) is 6.54 Å². The lowest BCUT2D eigenvalue weighted by Gasteiger charge is -2.10. The summed E-state index contributed by atoms with van der Waals surface area (Å²) in [5, 5.41) is 14.3. The minimum absolute atomic E-state index is 0.457. The van der Waals surface area contributed by atoms with Crippen molar-refractivity contribution >= 4 is 17.5 Å². The van der Waals surface area contributed by atoms with Crippen LogP contribution in [0.3, 0.4) is 0 Å². The Morgan fingerprint density at radius 2 is 2.05 bits per heavy atom. The van der Waals surface area contributed by atoms with Gasteiger partial charge in [0.1, 0.15) is 5.76 Å². The van der Waals surface area contributed by atoms with E-state index in [9.17, 15) is 0 Å². The van der Waals surface area contributed by atoms with Gasteiger partial charge in [-0.2, -0.15) is 10.1 Å². The van der Waals surface area contributed by atoms with E-state index in [1.807, 2.05) is 24.3 Å². The quantitative estimate of drug-likeness (QED) is 0.751. The molecule has 3 rings (SSSR count). The summed E-state index contributed by atoms with van der Waals surface area (Å²) in [5.41, 5.74) is 3.36. The summed E-state index contributed by atoms with van der Waals surface area (Å²) >= 11 is 0. The van der Waals surface area contributed by atoms with Crippen molar-refractivity contribution in [2.24, 2.45) is 0 Å². The lowest BCUT2D eigenvalue weighted by molar-refractivity contribution is 0.517. The van der Waals surface area contributed by atoms with E-state index in [0.717, 1.165) is 11.4 Å². The molecule has 0 bridgehead atoms. The molecule has 6 nitrogen and oxygen atoms in total. The molecule has 0 unspecified atom stereocenters. The molecule has 2 N–H and O–H groups in total. The zero-order valence-corrected chi connectivity index (χ0v) is 12.5. The van der Waals surface area contributed by atoms with E-state index >= 15 is 0 Å². The minimum Gasteiger partial charge on any atom is -0.467 e. The van der Waals surface area contributed by atoms with Crippen LogP contribution in [0.15, 0.2) is 47.2 Å². The van der Waals surface area contributed by atoms with Crippen molar-refractivity contribution in [3.63, 3.8) is 0 Å². The molecule has 0 saturated carbocycles. The van der Waals surface area contributed by atoms with Gasteiger partial charge in [0.15, 0.2) is 5.82 Å². The first-order chi connectivity index (χ1) is 10.7. The average molecular weight is 295 g/mol. The SMILES string of the molecule is Cc1cccc(Nc2nncc(NCc3ccco3)n2)c1C. The number of anilines is 3. The molecule has 6 heteroatoms. The van der Waals surface area contributed by atoms with Crippen molar-refractivity contribution < 1.29 is 4.42 Å². The second-order valence-corrected chi connectivity index (χ2v) is 4.97. The molecule has 0 aliphatic rings. The molecule has 22 heavy (non-hydrogen) atoms. The average Bonchev–Trinajstić information content (AvgIpc) is 3.04. The van der Waals surface area contributed by atoms with E-state index in [-0.39, 0.29) is 0 Å². The van der Waals surface area contributed by atoms with Gasteiger partial charge < -0.3 is 15.1 Å². The van der Waals surface area contributed by atoms with E-state index in [2.05, 4.69) is 45.7 Å². The maximum Gasteiger partial charge on any atom is 0.249 e. The third-order valence-electron chi connectivity index (χ3n) is 3.43. The van der Waals surface area contributed by atoms with Gasteiger partial charge in [-0.15, -0.1) is 5.10 Å². The molecule has 0 fully saturated rings. The summed E-state index contributed by atoms with van der Waals surface area (Å²) < 4.78 is 5.27. The van der Waals surface area contributed by atoms with Crippen LogP contribution in [0.2, 0.25) is 0 Å². The van der Waals surface area contributed by atoms with Gasteiger partial charge in [-0.05, 0) is 43.2 Å². The normalized spacial score (nSPS) is 10.5. The first-order valence-electron chi connectivity index (χ1n) is 7.01. The Bertz CT molecular complexity index is 755. The lowest BCUT2D eigenvalue weighted by Crippen LogP contribution is -2.06. The summed E-state index contributed by atoms with van der Waals surface area (Å²) in [4.78, 5) is 4.40. The lowest BCUT2D eigenvalue weighted by atomic mass is 10.1. The summed E-state index contributed by atoms with van der Waals surface area (Å²) in [6.07, 6.45) is 3.22. The molecule has 0 atom stereocenters. The van der Waals surface area contributed by atoms with Crippen molar-refractivity contribution in [2.75, 3.05) is 10.6 Å². The molecular weight excluding hydrogens is 278 g/mol. The zero-order chi connectivity index (χ0) is 15.4. The molecule has 3 aromatic rings. The third kappa shape index (κ3) is 3.22. The van der Waals surface area contributed by atoms with Crippen molar-refractivity contribution in [3.05, 3.63) is 59.7 Å². The first kappa shape index (κ1) is 14.1. The van der Waals surface area contributed by atoms with E-state index in [0.29, 0.717) is 18.3 Å². The Labute approximate surface area is 128 Å². The van der Waals surface area contributed by atoms with Crippen LogP contribution in [0.4, 0.5) is 17.5 Å². The van der Waals surface area contributed by atoms with E-state index in [1.165, 1.54) is 11.1 Å². The summed E-state index contributed by atoms with van der Waals surface area (Å²) in [6, 6.07) is 9.81. The van der Waals surface area contributed by atoms with Gasteiger partial charge >= 0.3 is 0 Å². The molecular formula is C16H17N5O. The van der Waals surface area contributed by atoms with Gasteiger partial charge in [0.05, 0.1) is 19.0 Å². The highest BCUT2D eigenvalue weighted by Crippen LogP contribution is 2.21. The van der Waals surface area contributed by atoms with Crippen molar-refractivity contribution in [2.45, 2.75) is 20.4 Å². The minimum atomic E-state index is 0.457. The Morgan fingerprint density at radius 3 is 2.86 bits per heavy atom. The van der Waals surface area contributed by atoms with Crippen LogP contribution in [0.25, 0.3) is 0 Å². The van der Waals surface area contributed by atoms with E-state index in [1.54, 1.807) is 12.5 Å². The summed E-state index contributed by atoms with van der Waals surface area (Å²) in [6.45, 7) is 4.68. The summed E-state index contributed by atoms with van der Waals surface area (Å²) in [7, 11) is 0. The maximum absolute atomic E-state index is 5.27. The fourth-order valence-corrected chi connectivity index (χ4v) is 2.04. The van der Waals surface area contributed by atoms with E-state index < -0.39 is 0 Å². The molecule has 2 heterocycles. The van der Waals surface area contributed by atoms with Crippen LogP contribution < -0.4 is 10.6 Å². The van der Waals surface area contributed by atoms with Crippen LogP contribution >= 0.6 is 0 Å². The predicted molar refractivity (Wildman–Crippen MR) is 85.1 cm³/mol. The second kappa shape index (κ2) is 6.26. The highest BCUT2D eigenvalue weighted by Gasteiger charge is 2.05. The number of benzene rings is 1. The Hall–Kier alpha value is -2.89. The van der Waals surface area contributed by atoms with Crippen LogP contribution in [0.1, 0.15) is 16.9 Å². The van der Waals surface area contributed by atoms with Crippen LogP contribution in [-0.4, -0.2) is 15.2 Å². The molecule has 0 aliphatic heterocycles. The molecule has 0 amide bonds. The molecule has 0 aliphatic carbocycles. The molecule has 0 radical (unpaired) electrons. The number of nitrogens with zero attached hydrogens (tertiary/aromatic N) is 3. The van der Waals surface area contributed by atoms with Crippen molar-refractivity contribution in [1.82, 2.24) is 15.2 Å². The number of aromatic nitrogens is 3. The monoisotopic (exact) mass is 295 g/mol. The first-order valence-corrected chi connectivity index (χ1v) is 7.01. The Kier molecular flexibility index (Phi) is 4.00. The van der Waals surface area contributed by atoms with Gasteiger partial charge in [0, 0.05) is 5.69 Å². The fourth-order valence-electron chi connectivity index (χ4n) is 2.04. The topological polar surface area (TPSA) is 75.9 Å². The largest absolute Gasteiger partial charge is 0.467 e. The number of hydrogen-bond acceptors (Lipinski definition) is 6. The molecule has 2 aromatic heterocycles. The maximum atomic E-state index is 5.27. The number of nitrogens with one attached hydrogen (secondary N) is 2. The van der Waals surface area contributed by atoms with Gasteiger partial charge in [-0.25, -0.2) is 0 Å². The number of rotatable bonds is 5. The molecule has 112 valence electrons. The summed E-state index contributed by atoms with van der Waals surface area (Å²) in [5.74, 6) is 1.93. The standard InChI is InChI=1S/C16H17N5O/c1-11-5-3-7-14(12(11)2)19-16-20-15(10-18-21-16)17-9-13-6-4-8-22-13/h3-8,10H,9H2,1-2H3,(H2,17,19,20,21). The predicted octanol–water partition coefficient (Wildman–Crippen LogP) is 3.44. The Morgan fingerprint density at radius 1 is 1.14 bits per heavy atom. The van der Waals surface area contributed by atoms with Gasteiger partial charge in [-0.3, -0.25) is 0 Å². The number of aryl methyl sites for hydroxylation is 1. The second-order valence-electron chi connectivity index (χ2n) is 4.97. The zero-order valence-electron chi connectivity index (χ0n) is 12.5. The van der Waals surface area contributed by atoms with Gasteiger partial charge in [-0.1, -0.05) is 12.1 Å². The van der Waals surface area contributed by atoms with E-state index in [4.69, 9.17) is 4.42 Å². The van der Waals surface area contributed by atoms with Crippen molar-refractivity contribution in [3.8, 4) is 0 Å². The highest BCUT2D eigenvalue weighted by atomic mass is 16.3. The molecule has 0 spiro atoms. The van der Waals surface area contributed by atoms with Gasteiger partial charge in [0.25, 0.3) is 0 Å². The molecule has 0 saturated heterocycles. The smallest absolute Gasteiger partial charge is 0.249 e. The van der Waals surface area contributed by atoms with Crippen molar-refractivity contribution in [1.29, 1.82) is 0 Å². The van der Waals surface area contributed by atoms with Gasteiger partial charge in [0.2, 0.25) is 5.95 Å². The number of hydrogen-bond donors (Lipinski definition) is 2. The highest BCUT2D eigenvalue weighted by molar-refractivity contribution is 5.60. The number of furan rings is 1. The van der Waals surface area contributed by atoms with Crippen LogP contribution in [0, 0.1) is 13.8 Å². The molecule has 1 aromatic carbocycles. The third-order valence-corrected chi connectivity index (χ3v) is 3.43. The van der Waals surface area contributed by atoms with Crippen LogP contribution in [0.5, 0.6) is 0 Å². The Balaban J connectivity index is 1.72. The fraction of sp³-hybridized carbons (Fsp3) is 0.188.